The smallest absolute Gasteiger partial charge is 0.264 e. The number of anilines is 1. The maximum Gasteiger partial charge on any atom is 0.264 e. The van der Waals surface area contributed by atoms with Crippen LogP contribution in [0.25, 0.3) is 0 Å². The molecular formula is C12H7F3INO2S. The summed E-state index contributed by atoms with van der Waals surface area (Å²) in [6.07, 6.45) is 0. The molecule has 0 unspecified atom stereocenters. The Balaban J connectivity index is 2.44. The molecule has 0 saturated carbocycles. The van der Waals surface area contributed by atoms with Crippen molar-refractivity contribution in [2.24, 2.45) is 0 Å². The van der Waals surface area contributed by atoms with E-state index in [1.807, 2.05) is 22.6 Å². The lowest BCUT2D eigenvalue weighted by molar-refractivity contribution is 0.432. The van der Waals surface area contributed by atoms with Crippen LogP contribution in [-0.4, -0.2) is 8.42 Å². The summed E-state index contributed by atoms with van der Waals surface area (Å²) in [5, 5.41) is 0. The van der Waals surface area contributed by atoms with Gasteiger partial charge < -0.3 is 0 Å². The molecular weight excluding hydrogens is 406 g/mol. The molecule has 3 nitrogen and oxygen atoms in total. The fraction of sp³-hybridized carbons (Fsp3) is 0. The lowest BCUT2D eigenvalue weighted by Crippen LogP contribution is -2.15. The largest absolute Gasteiger partial charge is 0.280 e. The standard InChI is InChI=1S/C12H7F3INO2S/c13-9-4-5-10(12(15)11(9)14)20(18,19)17-8-3-1-2-7(16)6-8/h1-6,17H. The van der Waals surface area contributed by atoms with Gasteiger partial charge in [-0.1, -0.05) is 6.07 Å². The molecule has 0 spiro atoms. The quantitative estimate of drug-likeness (QED) is 0.619. The van der Waals surface area contributed by atoms with Crippen LogP contribution in [0.4, 0.5) is 18.9 Å². The van der Waals surface area contributed by atoms with E-state index in [-0.39, 0.29) is 5.69 Å². The number of hydrogen-bond donors (Lipinski definition) is 1. The average molecular weight is 413 g/mol. The summed E-state index contributed by atoms with van der Waals surface area (Å²) < 4.78 is 66.2. The van der Waals surface area contributed by atoms with Gasteiger partial charge in [-0.3, -0.25) is 4.72 Å². The minimum absolute atomic E-state index is 0.195. The van der Waals surface area contributed by atoms with Gasteiger partial charge in [-0.2, -0.15) is 0 Å². The summed E-state index contributed by atoms with van der Waals surface area (Å²) in [4.78, 5) is -0.949. The van der Waals surface area contributed by atoms with Crippen LogP contribution >= 0.6 is 22.6 Å². The maximum atomic E-state index is 13.5. The van der Waals surface area contributed by atoms with Crippen LogP contribution in [0.5, 0.6) is 0 Å². The van der Waals surface area contributed by atoms with Crippen LogP contribution in [-0.2, 0) is 10.0 Å². The van der Waals surface area contributed by atoms with Gasteiger partial charge in [0, 0.05) is 9.26 Å². The molecule has 0 radical (unpaired) electrons. The first kappa shape index (κ1) is 15.1. The van der Waals surface area contributed by atoms with Crippen LogP contribution in [0.1, 0.15) is 0 Å². The van der Waals surface area contributed by atoms with Crippen molar-refractivity contribution >= 4 is 38.3 Å². The van der Waals surface area contributed by atoms with Crippen molar-refractivity contribution in [1.29, 1.82) is 0 Å². The third kappa shape index (κ3) is 3.06. The molecule has 8 heteroatoms. The molecule has 0 aliphatic rings. The molecule has 0 aliphatic heterocycles. The SMILES string of the molecule is O=S(=O)(Nc1cccc(I)c1)c1ccc(F)c(F)c1F. The lowest BCUT2D eigenvalue weighted by atomic mass is 10.3. The molecule has 0 bridgehead atoms. The first-order valence-corrected chi connectivity index (χ1v) is 7.79. The van der Waals surface area contributed by atoms with Gasteiger partial charge in [0.1, 0.15) is 4.90 Å². The van der Waals surface area contributed by atoms with Gasteiger partial charge in [0.15, 0.2) is 17.5 Å². The molecule has 2 aromatic rings. The Labute approximate surface area is 127 Å². The highest BCUT2D eigenvalue weighted by atomic mass is 127. The predicted octanol–water partition coefficient (Wildman–Crippen LogP) is 3.51. The Kier molecular flexibility index (Phi) is 4.23. The summed E-state index contributed by atoms with van der Waals surface area (Å²) in [5.74, 6) is -5.02. The summed E-state index contributed by atoms with van der Waals surface area (Å²) in [7, 11) is -4.34. The Morgan fingerprint density at radius 2 is 1.70 bits per heavy atom. The van der Waals surface area contributed by atoms with E-state index in [0.717, 1.165) is 3.57 Å². The zero-order valence-corrected chi connectivity index (χ0v) is 12.7. The van der Waals surface area contributed by atoms with Crippen LogP contribution < -0.4 is 4.72 Å². The second-order valence-corrected chi connectivity index (χ2v) is 6.69. The van der Waals surface area contributed by atoms with E-state index in [1.54, 1.807) is 12.1 Å². The zero-order valence-electron chi connectivity index (χ0n) is 9.70. The highest BCUT2D eigenvalue weighted by Crippen LogP contribution is 2.23. The monoisotopic (exact) mass is 413 g/mol. The van der Waals surface area contributed by atoms with Crippen LogP contribution in [0.3, 0.4) is 0 Å². The summed E-state index contributed by atoms with van der Waals surface area (Å²) in [6.45, 7) is 0. The van der Waals surface area contributed by atoms with Crippen molar-refractivity contribution in [2.75, 3.05) is 4.72 Å². The third-order valence-corrected chi connectivity index (χ3v) is 4.44. The van der Waals surface area contributed by atoms with Gasteiger partial charge >= 0.3 is 0 Å². The van der Waals surface area contributed by atoms with Crippen LogP contribution in [0, 0.1) is 21.0 Å². The molecule has 0 aromatic heterocycles. The Hall–Kier alpha value is -1.29. The van der Waals surface area contributed by atoms with Gasteiger partial charge in [-0.25, -0.2) is 21.6 Å². The average Bonchev–Trinajstić information content (AvgIpc) is 2.35. The van der Waals surface area contributed by atoms with Gasteiger partial charge in [0.05, 0.1) is 0 Å². The van der Waals surface area contributed by atoms with E-state index < -0.39 is 32.4 Å². The first-order valence-electron chi connectivity index (χ1n) is 5.23. The predicted molar refractivity (Wildman–Crippen MR) is 76.3 cm³/mol. The minimum Gasteiger partial charge on any atom is -0.280 e. The van der Waals surface area contributed by atoms with Crippen LogP contribution in [0.2, 0.25) is 0 Å². The topological polar surface area (TPSA) is 46.2 Å². The van der Waals surface area contributed by atoms with E-state index >= 15 is 0 Å². The first-order chi connectivity index (χ1) is 9.31. The van der Waals surface area contributed by atoms with Gasteiger partial charge in [-0.15, -0.1) is 0 Å². The second kappa shape index (κ2) is 5.60. The lowest BCUT2D eigenvalue weighted by Gasteiger charge is -2.09. The molecule has 20 heavy (non-hydrogen) atoms. The number of sulfonamides is 1. The number of halogens is 4. The summed E-state index contributed by atoms with van der Waals surface area (Å²) >= 11 is 1.97. The number of hydrogen-bond acceptors (Lipinski definition) is 2. The molecule has 2 rings (SSSR count). The maximum absolute atomic E-state index is 13.5. The van der Waals surface area contributed by atoms with E-state index in [0.29, 0.717) is 12.1 Å². The summed E-state index contributed by atoms with van der Waals surface area (Å²) in [5.41, 5.74) is 0.195. The number of benzene rings is 2. The molecule has 1 N–H and O–H groups in total. The fourth-order valence-electron chi connectivity index (χ4n) is 1.48. The molecule has 0 aliphatic carbocycles. The second-order valence-electron chi connectivity index (χ2n) is 3.79. The van der Waals surface area contributed by atoms with Crippen molar-refractivity contribution < 1.29 is 21.6 Å². The molecule has 2 aromatic carbocycles. The van der Waals surface area contributed by atoms with Gasteiger partial charge in [-0.05, 0) is 52.9 Å². The highest BCUT2D eigenvalue weighted by molar-refractivity contribution is 14.1. The Morgan fingerprint density at radius 1 is 1.00 bits per heavy atom. The minimum atomic E-state index is -4.34. The zero-order chi connectivity index (χ0) is 14.9. The van der Waals surface area contributed by atoms with Crippen molar-refractivity contribution in [3.05, 3.63) is 57.4 Å². The summed E-state index contributed by atoms with van der Waals surface area (Å²) in [6, 6.07) is 7.52. The molecule has 0 atom stereocenters. The van der Waals surface area contributed by atoms with Crippen molar-refractivity contribution in [1.82, 2.24) is 0 Å². The Bertz CT molecular complexity index is 765. The van der Waals surface area contributed by atoms with E-state index in [9.17, 15) is 21.6 Å². The van der Waals surface area contributed by atoms with Crippen molar-refractivity contribution in [3.63, 3.8) is 0 Å². The van der Waals surface area contributed by atoms with E-state index in [2.05, 4.69) is 4.72 Å². The molecule has 0 saturated heterocycles. The number of rotatable bonds is 3. The van der Waals surface area contributed by atoms with Crippen molar-refractivity contribution in [2.45, 2.75) is 4.90 Å². The molecule has 0 heterocycles. The van der Waals surface area contributed by atoms with Gasteiger partial charge in [0.25, 0.3) is 10.0 Å². The molecule has 106 valence electrons. The normalized spacial score (nSPS) is 11.4. The highest BCUT2D eigenvalue weighted by Gasteiger charge is 2.24. The third-order valence-electron chi connectivity index (χ3n) is 2.37. The molecule has 0 fully saturated rings. The number of nitrogens with one attached hydrogen (secondary N) is 1. The van der Waals surface area contributed by atoms with Crippen molar-refractivity contribution in [3.8, 4) is 0 Å². The fourth-order valence-corrected chi connectivity index (χ4v) is 3.14. The van der Waals surface area contributed by atoms with E-state index in [4.69, 9.17) is 0 Å². The van der Waals surface area contributed by atoms with E-state index in [1.165, 1.54) is 12.1 Å². The Morgan fingerprint density at radius 3 is 2.35 bits per heavy atom. The van der Waals surface area contributed by atoms with Crippen LogP contribution in [0.15, 0.2) is 41.3 Å². The molecule has 0 amide bonds. The van der Waals surface area contributed by atoms with Gasteiger partial charge in [0.2, 0.25) is 0 Å².